The van der Waals surface area contributed by atoms with Crippen LogP contribution in [0.25, 0.3) is 0 Å². The SMILES string of the molecule is COc1ccc(COc2cc(O)c(C(=O)O)cc2Cl)cc1. The molecular formula is C15H13ClO5. The van der Waals surface area contributed by atoms with Gasteiger partial charge in [0.15, 0.2) is 0 Å². The number of hydrogen-bond acceptors (Lipinski definition) is 4. The number of carboxylic acids is 1. The number of rotatable bonds is 5. The quantitative estimate of drug-likeness (QED) is 0.886. The lowest BCUT2D eigenvalue weighted by Crippen LogP contribution is -2.00. The number of benzene rings is 2. The largest absolute Gasteiger partial charge is 0.507 e. The lowest BCUT2D eigenvalue weighted by atomic mass is 10.2. The van der Waals surface area contributed by atoms with Gasteiger partial charge in [-0.25, -0.2) is 4.79 Å². The van der Waals surface area contributed by atoms with E-state index in [2.05, 4.69) is 0 Å². The number of phenols is 1. The summed E-state index contributed by atoms with van der Waals surface area (Å²) < 4.78 is 10.5. The van der Waals surface area contributed by atoms with Crippen LogP contribution in [0.1, 0.15) is 15.9 Å². The van der Waals surface area contributed by atoms with E-state index in [-0.39, 0.29) is 22.9 Å². The first kappa shape index (κ1) is 15.0. The molecule has 0 heterocycles. The Labute approximate surface area is 126 Å². The Morgan fingerprint density at radius 1 is 1.24 bits per heavy atom. The van der Waals surface area contributed by atoms with Crippen molar-refractivity contribution in [3.05, 3.63) is 52.5 Å². The Bertz CT molecular complexity index is 652. The summed E-state index contributed by atoms with van der Waals surface area (Å²) >= 11 is 5.94. The van der Waals surface area contributed by atoms with Gasteiger partial charge in [0.25, 0.3) is 0 Å². The van der Waals surface area contributed by atoms with Gasteiger partial charge in [0, 0.05) is 6.07 Å². The lowest BCUT2D eigenvalue weighted by molar-refractivity contribution is 0.0693. The van der Waals surface area contributed by atoms with Gasteiger partial charge in [-0.05, 0) is 23.8 Å². The number of hydrogen-bond donors (Lipinski definition) is 2. The second-order valence-electron chi connectivity index (χ2n) is 4.24. The molecular weight excluding hydrogens is 296 g/mol. The molecule has 0 aliphatic heterocycles. The van der Waals surface area contributed by atoms with Crippen LogP contribution in [0.5, 0.6) is 17.2 Å². The summed E-state index contributed by atoms with van der Waals surface area (Å²) in [6.45, 7) is 0.232. The minimum atomic E-state index is -1.25. The first-order chi connectivity index (χ1) is 10.0. The molecule has 0 aromatic heterocycles. The Balaban J connectivity index is 2.12. The third kappa shape index (κ3) is 3.58. The fourth-order valence-electron chi connectivity index (χ4n) is 1.71. The van der Waals surface area contributed by atoms with Crippen molar-refractivity contribution < 1.29 is 24.5 Å². The molecule has 6 heteroatoms. The van der Waals surface area contributed by atoms with E-state index < -0.39 is 11.7 Å². The number of methoxy groups -OCH3 is 1. The highest BCUT2D eigenvalue weighted by atomic mass is 35.5. The van der Waals surface area contributed by atoms with Crippen LogP contribution < -0.4 is 9.47 Å². The van der Waals surface area contributed by atoms with Crippen LogP contribution >= 0.6 is 11.6 Å². The van der Waals surface area contributed by atoms with Crippen LogP contribution in [0, 0.1) is 0 Å². The second kappa shape index (κ2) is 6.37. The van der Waals surface area contributed by atoms with Gasteiger partial charge in [-0.1, -0.05) is 23.7 Å². The first-order valence-corrected chi connectivity index (χ1v) is 6.40. The number of aromatic carboxylic acids is 1. The van der Waals surface area contributed by atoms with Crippen molar-refractivity contribution in [3.63, 3.8) is 0 Å². The highest BCUT2D eigenvalue weighted by Gasteiger charge is 2.14. The summed E-state index contributed by atoms with van der Waals surface area (Å²) in [5.41, 5.74) is 0.616. The predicted molar refractivity (Wildman–Crippen MR) is 77.4 cm³/mol. The molecule has 0 unspecified atom stereocenters. The molecule has 0 amide bonds. The Morgan fingerprint density at radius 2 is 1.90 bits per heavy atom. The average molecular weight is 309 g/mol. The molecule has 2 N–H and O–H groups in total. The minimum absolute atomic E-state index is 0.124. The second-order valence-corrected chi connectivity index (χ2v) is 4.65. The Hall–Kier alpha value is -2.40. The van der Waals surface area contributed by atoms with E-state index in [1.54, 1.807) is 19.2 Å². The molecule has 21 heavy (non-hydrogen) atoms. The van der Waals surface area contributed by atoms with E-state index in [1.807, 2.05) is 12.1 Å². The molecule has 0 spiro atoms. The van der Waals surface area contributed by atoms with Crippen LogP contribution in [0.4, 0.5) is 0 Å². The zero-order valence-electron chi connectivity index (χ0n) is 11.2. The zero-order chi connectivity index (χ0) is 15.4. The number of ether oxygens (including phenoxy) is 2. The number of carboxylic acid groups (broad SMARTS) is 1. The molecule has 110 valence electrons. The highest BCUT2D eigenvalue weighted by Crippen LogP contribution is 2.32. The van der Waals surface area contributed by atoms with E-state index in [0.29, 0.717) is 0 Å². The van der Waals surface area contributed by atoms with Gasteiger partial charge < -0.3 is 19.7 Å². The molecule has 0 aliphatic rings. The first-order valence-electron chi connectivity index (χ1n) is 6.03. The maximum Gasteiger partial charge on any atom is 0.339 e. The average Bonchev–Trinajstić information content (AvgIpc) is 2.48. The van der Waals surface area contributed by atoms with Gasteiger partial charge in [0.2, 0.25) is 0 Å². The highest BCUT2D eigenvalue weighted by molar-refractivity contribution is 6.32. The molecule has 0 aliphatic carbocycles. The molecule has 2 rings (SSSR count). The summed E-state index contributed by atoms with van der Waals surface area (Å²) in [6, 6.07) is 9.60. The van der Waals surface area contributed by atoms with Crippen molar-refractivity contribution in [2.75, 3.05) is 7.11 Å². The molecule has 0 saturated heterocycles. The van der Waals surface area contributed by atoms with Crippen LogP contribution in [0.3, 0.4) is 0 Å². The van der Waals surface area contributed by atoms with Gasteiger partial charge >= 0.3 is 5.97 Å². The van der Waals surface area contributed by atoms with Crippen molar-refractivity contribution in [2.45, 2.75) is 6.61 Å². The molecule has 0 radical (unpaired) electrons. The Kier molecular flexibility index (Phi) is 4.55. The van der Waals surface area contributed by atoms with Gasteiger partial charge in [0.1, 0.15) is 29.4 Å². The standard InChI is InChI=1S/C15H13ClO5/c1-20-10-4-2-9(3-5-10)8-21-14-7-13(17)11(15(18)19)6-12(14)16/h2-7,17H,8H2,1H3,(H,18,19). The molecule has 5 nitrogen and oxygen atoms in total. The maximum atomic E-state index is 10.9. The van der Waals surface area contributed by atoms with E-state index in [1.165, 1.54) is 6.07 Å². The molecule has 0 saturated carbocycles. The smallest absolute Gasteiger partial charge is 0.339 e. The fourth-order valence-corrected chi connectivity index (χ4v) is 1.93. The summed E-state index contributed by atoms with van der Waals surface area (Å²) in [5.74, 6) is -0.692. The van der Waals surface area contributed by atoms with E-state index in [9.17, 15) is 9.90 Å². The molecule has 0 atom stereocenters. The predicted octanol–water partition coefficient (Wildman–Crippen LogP) is 3.33. The van der Waals surface area contributed by atoms with Crippen LogP contribution in [0.2, 0.25) is 5.02 Å². The molecule has 0 bridgehead atoms. The van der Waals surface area contributed by atoms with Crippen molar-refractivity contribution in [1.82, 2.24) is 0 Å². The number of halogens is 1. The fraction of sp³-hybridized carbons (Fsp3) is 0.133. The van der Waals surface area contributed by atoms with Crippen molar-refractivity contribution in [2.24, 2.45) is 0 Å². The summed E-state index contributed by atoms with van der Waals surface area (Å²) in [7, 11) is 1.58. The minimum Gasteiger partial charge on any atom is -0.507 e. The third-order valence-corrected chi connectivity index (χ3v) is 3.13. The van der Waals surface area contributed by atoms with E-state index >= 15 is 0 Å². The molecule has 2 aromatic rings. The monoisotopic (exact) mass is 308 g/mol. The van der Waals surface area contributed by atoms with Crippen molar-refractivity contribution >= 4 is 17.6 Å². The summed E-state index contributed by atoms with van der Waals surface area (Å²) in [6.07, 6.45) is 0. The van der Waals surface area contributed by atoms with Gasteiger partial charge in [-0.15, -0.1) is 0 Å². The normalized spacial score (nSPS) is 10.2. The number of carbonyl (C=O) groups is 1. The maximum absolute atomic E-state index is 10.9. The van der Waals surface area contributed by atoms with Crippen LogP contribution in [-0.2, 0) is 6.61 Å². The van der Waals surface area contributed by atoms with Gasteiger partial charge in [0.05, 0.1) is 12.1 Å². The summed E-state index contributed by atoms with van der Waals surface area (Å²) in [5, 5.41) is 18.6. The third-order valence-electron chi connectivity index (χ3n) is 2.83. The van der Waals surface area contributed by atoms with E-state index in [0.717, 1.165) is 17.4 Å². The van der Waals surface area contributed by atoms with Gasteiger partial charge in [-0.3, -0.25) is 0 Å². The Morgan fingerprint density at radius 3 is 2.48 bits per heavy atom. The van der Waals surface area contributed by atoms with Gasteiger partial charge in [-0.2, -0.15) is 0 Å². The zero-order valence-corrected chi connectivity index (χ0v) is 11.9. The van der Waals surface area contributed by atoms with Crippen molar-refractivity contribution in [3.8, 4) is 17.2 Å². The molecule has 2 aromatic carbocycles. The van der Waals surface area contributed by atoms with E-state index in [4.69, 9.17) is 26.2 Å². The number of aromatic hydroxyl groups is 1. The topological polar surface area (TPSA) is 76.0 Å². The summed E-state index contributed by atoms with van der Waals surface area (Å²) in [4.78, 5) is 10.9. The van der Waals surface area contributed by atoms with Crippen LogP contribution in [-0.4, -0.2) is 23.3 Å². The lowest BCUT2D eigenvalue weighted by Gasteiger charge is -2.10. The van der Waals surface area contributed by atoms with Crippen molar-refractivity contribution in [1.29, 1.82) is 0 Å². The molecule has 0 fully saturated rings. The van der Waals surface area contributed by atoms with Crippen LogP contribution in [0.15, 0.2) is 36.4 Å².